The average molecular weight is 454 g/mol. The Morgan fingerprint density at radius 2 is 2.13 bits per heavy atom. The van der Waals surface area contributed by atoms with Crippen LogP contribution in [0.4, 0.5) is 5.69 Å². The average Bonchev–Trinajstić information content (AvgIpc) is 3.08. The number of ether oxygens (including phenoxy) is 1. The minimum atomic E-state index is -3.50. The van der Waals surface area contributed by atoms with E-state index in [0.29, 0.717) is 31.9 Å². The molecule has 3 fully saturated rings. The SMILES string of the molecule is CS(=O)(=O)c1cc(NC2NN(C3COCC[C@@H]3C#N)C3CCNC(=O)C23)ccc1Cl. The van der Waals surface area contributed by atoms with Crippen LogP contribution in [-0.4, -0.2) is 63.6 Å². The molecule has 3 N–H and O–H groups in total. The molecule has 3 aliphatic rings. The van der Waals surface area contributed by atoms with Gasteiger partial charge in [-0.2, -0.15) is 5.26 Å². The number of nitrogens with one attached hydrogen (secondary N) is 3. The van der Waals surface area contributed by atoms with Crippen molar-refractivity contribution in [2.24, 2.45) is 11.8 Å². The molecule has 1 aromatic rings. The molecule has 0 aromatic heterocycles. The molecule has 0 bridgehead atoms. The number of carbonyl (C=O) groups excluding carboxylic acids is 1. The lowest BCUT2D eigenvalue weighted by molar-refractivity contribution is -0.128. The fraction of sp³-hybridized carbons (Fsp3) is 0.579. The molecule has 0 radical (unpaired) electrons. The van der Waals surface area contributed by atoms with Crippen molar-refractivity contribution in [3.05, 3.63) is 23.2 Å². The first-order chi connectivity index (χ1) is 14.3. The largest absolute Gasteiger partial charge is 0.380 e. The molecule has 9 nitrogen and oxygen atoms in total. The summed E-state index contributed by atoms with van der Waals surface area (Å²) in [4.78, 5) is 12.7. The Hall–Kier alpha value is -1.90. The number of piperidine rings is 1. The number of anilines is 1. The number of hydrazine groups is 1. The highest BCUT2D eigenvalue weighted by molar-refractivity contribution is 7.90. The Bertz CT molecular complexity index is 982. The molecular formula is C19H24ClN5O4S. The summed E-state index contributed by atoms with van der Waals surface area (Å²) in [5.41, 5.74) is 3.90. The first-order valence-corrected chi connectivity index (χ1v) is 12.1. The van der Waals surface area contributed by atoms with E-state index in [1.807, 2.05) is 5.01 Å². The lowest BCUT2D eigenvalue weighted by atomic mass is 9.88. The fourth-order valence-corrected chi connectivity index (χ4v) is 5.81. The highest BCUT2D eigenvalue weighted by Crippen LogP contribution is 2.34. The molecule has 11 heteroatoms. The summed E-state index contributed by atoms with van der Waals surface area (Å²) in [7, 11) is -3.50. The highest BCUT2D eigenvalue weighted by atomic mass is 35.5. The first kappa shape index (κ1) is 21.3. The Labute approximate surface area is 180 Å². The van der Waals surface area contributed by atoms with Crippen LogP contribution in [0.3, 0.4) is 0 Å². The van der Waals surface area contributed by atoms with Crippen LogP contribution in [0.1, 0.15) is 12.8 Å². The maximum absolute atomic E-state index is 12.7. The molecule has 162 valence electrons. The van der Waals surface area contributed by atoms with Crippen molar-refractivity contribution in [2.75, 3.05) is 31.3 Å². The quantitative estimate of drug-likeness (QED) is 0.609. The third-order valence-corrected chi connectivity index (χ3v) is 7.54. The van der Waals surface area contributed by atoms with Crippen LogP contribution in [-0.2, 0) is 19.4 Å². The molecule has 0 saturated carbocycles. The van der Waals surface area contributed by atoms with Gasteiger partial charge in [-0.1, -0.05) is 11.6 Å². The number of nitriles is 1. The number of carbonyl (C=O) groups is 1. The minimum Gasteiger partial charge on any atom is -0.380 e. The number of sulfone groups is 1. The zero-order valence-corrected chi connectivity index (χ0v) is 18.0. The predicted octanol–water partition coefficient (Wildman–Crippen LogP) is 0.735. The van der Waals surface area contributed by atoms with Gasteiger partial charge in [-0.15, -0.1) is 0 Å². The molecule has 0 spiro atoms. The van der Waals surface area contributed by atoms with Crippen LogP contribution in [0.2, 0.25) is 5.02 Å². The van der Waals surface area contributed by atoms with Crippen LogP contribution < -0.4 is 16.1 Å². The van der Waals surface area contributed by atoms with Gasteiger partial charge in [-0.25, -0.2) is 18.9 Å². The lowest BCUT2D eigenvalue weighted by Crippen LogP contribution is -2.56. The second-order valence-corrected chi connectivity index (χ2v) is 10.3. The van der Waals surface area contributed by atoms with Crippen LogP contribution in [0.15, 0.2) is 23.1 Å². The van der Waals surface area contributed by atoms with E-state index >= 15 is 0 Å². The van der Waals surface area contributed by atoms with Crippen molar-refractivity contribution in [1.29, 1.82) is 5.26 Å². The number of nitrogens with zero attached hydrogens (tertiary/aromatic N) is 2. The number of benzene rings is 1. The van der Waals surface area contributed by atoms with Crippen LogP contribution in [0, 0.1) is 23.2 Å². The summed E-state index contributed by atoms with van der Waals surface area (Å²) in [6, 6.07) is 6.78. The molecule has 3 saturated heterocycles. The van der Waals surface area contributed by atoms with Crippen LogP contribution in [0.5, 0.6) is 0 Å². The topological polar surface area (TPSA) is 124 Å². The second kappa shape index (κ2) is 8.32. The van der Waals surface area contributed by atoms with Gasteiger partial charge in [0.25, 0.3) is 0 Å². The van der Waals surface area contributed by atoms with Crippen molar-refractivity contribution in [3.63, 3.8) is 0 Å². The zero-order valence-electron chi connectivity index (χ0n) is 16.5. The van der Waals surface area contributed by atoms with Crippen molar-refractivity contribution in [3.8, 4) is 6.07 Å². The van der Waals surface area contributed by atoms with Gasteiger partial charge in [0.15, 0.2) is 9.84 Å². The van der Waals surface area contributed by atoms with Crippen molar-refractivity contribution < 1.29 is 17.9 Å². The van der Waals surface area contributed by atoms with Crippen molar-refractivity contribution in [2.45, 2.75) is 36.0 Å². The van der Waals surface area contributed by atoms with Gasteiger partial charge in [-0.3, -0.25) is 4.79 Å². The number of fused-ring (bicyclic) bond motifs is 1. The molecule has 4 rings (SSSR count). The Balaban J connectivity index is 1.62. The fourth-order valence-electron chi connectivity index (χ4n) is 4.51. The summed E-state index contributed by atoms with van der Waals surface area (Å²) in [6.45, 7) is 1.54. The standard InChI is InChI=1S/C19H24ClN5O4S/c1-30(27,28)16-8-12(2-3-13(16)20)23-18-17-14(4-6-22-19(17)26)25(24-18)15-10-29-7-5-11(15)9-21/h2-3,8,11,14-15,17-18,23-24H,4-7,10H2,1H3,(H,22,26)/t11-,14?,15?,17?,18?/m1/s1. The Morgan fingerprint density at radius 3 is 2.87 bits per heavy atom. The maximum atomic E-state index is 12.7. The predicted molar refractivity (Wildman–Crippen MR) is 110 cm³/mol. The number of halogens is 1. The van der Waals surface area contributed by atoms with Gasteiger partial charge in [0.05, 0.1) is 40.5 Å². The first-order valence-electron chi connectivity index (χ1n) is 9.85. The van der Waals surface area contributed by atoms with Gasteiger partial charge in [0.2, 0.25) is 5.91 Å². The highest BCUT2D eigenvalue weighted by Gasteiger charge is 2.51. The van der Waals surface area contributed by atoms with E-state index in [0.717, 1.165) is 12.7 Å². The Kier molecular flexibility index (Phi) is 5.92. The molecule has 0 aliphatic carbocycles. The minimum absolute atomic E-state index is 0.0268. The third-order valence-electron chi connectivity index (χ3n) is 5.96. The van der Waals surface area contributed by atoms with E-state index < -0.39 is 21.9 Å². The molecule has 4 unspecified atom stereocenters. The Morgan fingerprint density at radius 1 is 1.33 bits per heavy atom. The molecule has 30 heavy (non-hydrogen) atoms. The van der Waals surface area contributed by atoms with E-state index in [1.165, 1.54) is 12.1 Å². The monoisotopic (exact) mass is 453 g/mol. The second-order valence-electron chi connectivity index (χ2n) is 7.92. The van der Waals surface area contributed by atoms with E-state index in [9.17, 15) is 18.5 Å². The van der Waals surface area contributed by atoms with Crippen LogP contribution >= 0.6 is 11.6 Å². The van der Waals surface area contributed by atoms with E-state index in [4.69, 9.17) is 16.3 Å². The molecule has 3 heterocycles. The number of amides is 1. The van der Waals surface area contributed by atoms with Crippen molar-refractivity contribution in [1.82, 2.24) is 15.8 Å². The van der Waals surface area contributed by atoms with E-state index in [-0.39, 0.29) is 33.8 Å². The van der Waals surface area contributed by atoms with Gasteiger partial charge in [-0.05, 0) is 31.0 Å². The molecule has 5 atom stereocenters. The van der Waals surface area contributed by atoms with Crippen molar-refractivity contribution >= 4 is 33.0 Å². The maximum Gasteiger partial charge on any atom is 0.228 e. The molecular weight excluding hydrogens is 430 g/mol. The summed E-state index contributed by atoms with van der Waals surface area (Å²) in [5, 5.41) is 17.9. The summed E-state index contributed by atoms with van der Waals surface area (Å²) < 4.78 is 29.6. The number of hydrogen-bond donors (Lipinski definition) is 3. The van der Waals surface area contributed by atoms with E-state index in [1.54, 1.807) is 6.07 Å². The summed E-state index contributed by atoms with van der Waals surface area (Å²) >= 11 is 6.05. The third kappa shape index (κ3) is 4.00. The summed E-state index contributed by atoms with van der Waals surface area (Å²) in [6.07, 6.45) is 2.02. The number of rotatable bonds is 4. The smallest absolute Gasteiger partial charge is 0.228 e. The number of hydrogen-bond acceptors (Lipinski definition) is 8. The van der Waals surface area contributed by atoms with Gasteiger partial charge in [0, 0.05) is 31.1 Å². The van der Waals surface area contributed by atoms with Gasteiger partial charge >= 0.3 is 0 Å². The zero-order chi connectivity index (χ0) is 21.5. The van der Waals surface area contributed by atoms with Crippen LogP contribution in [0.25, 0.3) is 0 Å². The molecule has 1 aromatic carbocycles. The normalized spacial score (nSPS) is 32.2. The van der Waals surface area contributed by atoms with Gasteiger partial charge < -0.3 is 15.4 Å². The summed E-state index contributed by atoms with van der Waals surface area (Å²) in [5.74, 6) is -0.679. The molecule has 1 amide bonds. The lowest BCUT2D eigenvalue weighted by Gasteiger charge is -2.39. The molecule has 3 aliphatic heterocycles. The van der Waals surface area contributed by atoms with E-state index in [2.05, 4.69) is 22.1 Å². The van der Waals surface area contributed by atoms with Gasteiger partial charge in [0.1, 0.15) is 6.17 Å².